The van der Waals surface area contributed by atoms with Gasteiger partial charge in [0.15, 0.2) is 0 Å². The number of carboxylic acids is 1. The molecule has 0 radical (unpaired) electrons. The summed E-state index contributed by atoms with van der Waals surface area (Å²) >= 11 is 0. The number of aryl methyl sites for hydroxylation is 1. The SMILES string of the molecule is CC1(C(=O)O)CCc2ccc(O)cc2N1. The second kappa shape index (κ2) is 3.15. The summed E-state index contributed by atoms with van der Waals surface area (Å²) in [5, 5.41) is 21.3. The zero-order chi connectivity index (χ0) is 11.1. The number of anilines is 1. The standard InChI is InChI=1S/C11H13NO3/c1-11(10(14)15)5-4-7-2-3-8(13)6-9(7)12-11/h2-3,6,12-13H,4-5H2,1H3,(H,14,15). The van der Waals surface area contributed by atoms with Crippen molar-refractivity contribution in [3.63, 3.8) is 0 Å². The second-order valence-electron chi connectivity index (χ2n) is 4.10. The van der Waals surface area contributed by atoms with Gasteiger partial charge >= 0.3 is 5.97 Å². The molecule has 0 saturated heterocycles. The fraction of sp³-hybridized carbons (Fsp3) is 0.364. The van der Waals surface area contributed by atoms with Gasteiger partial charge in [0.2, 0.25) is 0 Å². The minimum Gasteiger partial charge on any atom is -0.508 e. The molecule has 4 nitrogen and oxygen atoms in total. The molecule has 2 rings (SSSR count). The van der Waals surface area contributed by atoms with Crippen molar-refractivity contribution >= 4 is 11.7 Å². The molecule has 0 fully saturated rings. The Hall–Kier alpha value is -1.71. The van der Waals surface area contributed by atoms with E-state index in [0.29, 0.717) is 18.5 Å². The lowest BCUT2D eigenvalue weighted by Crippen LogP contribution is -2.46. The molecule has 0 saturated carbocycles. The smallest absolute Gasteiger partial charge is 0.329 e. The van der Waals surface area contributed by atoms with Crippen LogP contribution in [0.15, 0.2) is 18.2 Å². The largest absolute Gasteiger partial charge is 0.508 e. The average Bonchev–Trinajstić information content (AvgIpc) is 2.16. The van der Waals surface area contributed by atoms with Gasteiger partial charge in [0.1, 0.15) is 11.3 Å². The fourth-order valence-electron chi connectivity index (χ4n) is 1.80. The normalized spacial score (nSPS) is 24.1. The molecule has 1 heterocycles. The van der Waals surface area contributed by atoms with Crippen LogP contribution in [0.2, 0.25) is 0 Å². The summed E-state index contributed by atoms with van der Waals surface area (Å²) in [7, 11) is 0. The Morgan fingerprint density at radius 3 is 2.93 bits per heavy atom. The Morgan fingerprint density at radius 2 is 2.27 bits per heavy atom. The van der Waals surface area contributed by atoms with E-state index in [1.807, 2.05) is 6.07 Å². The lowest BCUT2D eigenvalue weighted by atomic mass is 9.88. The summed E-state index contributed by atoms with van der Waals surface area (Å²) in [6, 6.07) is 5.00. The summed E-state index contributed by atoms with van der Waals surface area (Å²) in [4.78, 5) is 11.0. The van der Waals surface area contributed by atoms with E-state index in [-0.39, 0.29) is 5.75 Å². The number of aliphatic carboxylic acids is 1. The predicted molar refractivity (Wildman–Crippen MR) is 56.1 cm³/mol. The first-order valence-corrected chi connectivity index (χ1v) is 4.85. The lowest BCUT2D eigenvalue weighted by molar-refractivity contribution is -0.142. The van der Waals surface area contributed by atoms with Crippen molar-refractivity contribution in [3.05, 3.63) is 23.8 Å². The highest BCUT2D eigenvalue weighted by atomic mass is 16.4. The highest BCUT2D eigenvalue weighted by Crippen LogP contribution is 2.32. The maximum Gasteiger partial charge on any atom is 0.329 e. The minimum absolute atomic E-state index is 0.149. The molecule has 1 atom stereocenters. The molecule has 1 aliphatic heterocycles. The van der Waals surface area contributed by atoms with Crippen molar-refractivity contribution in [3.8, 4) is 5.75 Å². The van der Waals surface area contributed by atoms with E-state index in [4.69, 9.17) is 5.11 Å². The zero-order valence-corrected chi connectivity index (χ0v) is 8.45. The number of phenols is 1. The summed E-state index contributed by atoms with van der Waals surface area (Å²) < 4.78 is 0. The predicted octanol–water partition coefficient (Wildman–Crippen LogP) is 1.59. The van der Waals surface area contributed by atoms with Crippen molar-refractivity contribution in [1.29, 1.82) is 0 Å². The van der Waals surface area contributed by atoms with Crippen LogP contribution in [0.4, 0.5) is 5.69 Å². The Labute approximate surface area is 87.6 Å². The third-order valence-corrected chi connectivity index (χ3v) is 2.87. The molecule has 0 aromatic heterocycles. The van der Waals surface area contributed by atoms with E-state index in [1.165, 1.54) is 0 Å². The van der Waals surface area contributed by atoms with Gasteiger partial charge in [0, 0.05) is 11.8 Å². The Bertz CT molecular complexity index is 416. The van der Waals surface area contributed by atoms with Gasteiger partial charge in [-0.25, -0.2) is 4.79 Å². The highest BCUT2D eigenvalue weighted by molar-refractivity contribution is 5.83. The number of hydrogen-bond acceptors (Lipinski definition) is 3. The van der Waals surface area contributed by atoms with E-state index in [2.05, 4.69) is 5.32 Å². The molecule has 3 N–H and O–H groups in total. The van der Waals surface area contributed by atoms with E-state index in [1.54, 1.807) is 19.1 Å². The first-order chi connectivity index (χ1) is 7.01. The number of carbonyl (C=O) groups is 1. The molecule has 1 aromatic rings. The van der Waals surface area contributed by atoms with E-state index in [9.17, 15) is 9.90 Å². The van der Waals surface area contributed by atoms with Crippen molar-refractivity contribution < 1.29 is 15.0 Å². The molecular weight excluding hydrogens is 194 g/mol. The lowest BCUT2D eigenvalue weighted by Gasteiger charge is -2.33. The van der Waals surface area contributed by atoms with Gasteiger partial charge in [-0.15, -0.1) is 0 Å². The number of hydrogen-bond donors (Lipinski definition) is 3. The van der Waals surface area contributed by atoms with Crippen LogP contribution in [0, 0.1) is 0 Å². The zero-order valence-electron chi connectivity index (χ0n) is 8.45. The fourth-order valence-corrected chi connectivity index (χ4v) is 1.80. The molecule has 0 spiro atoms. The topological polar surface area (TPSA) is 69.6 Å². The van der Waals surface area contributed by atoms with Crippen LogP contribution in [0.25, 0.3) is 0 Å². The van der Waals surface area contributed by atoms with Gasteiger partial charge in [-0.05, 0) is 31.4 Å². The Kier molecular flexibility index (Phi) is 2.07. The van der Waals surface area contributed by atoms with Gasteiger partial charge < -0.3 is 15.5 Å². The van der Waals surface area contributed by atoms with Gasteiger partial charge in [-0.2, -0.15) is 0 Å². The summed E-state index contributed by atoms with van der Waals surface area (Å²) in [6.45, 7) is 1.66. The van der Waals surface area contributed by atoms with Crippen LogP contribution < -0.4 is 5.32 Å². The second-order valence-corrected chi connectivity index (χ2v) is 4.10. The molecule has 80 valence electrons. The van der Waals surface area contributed by atoms with E-state index >= 15 is 0 Å². The summed E-state index contributed by atoms with van der Waals surface area (Å²) in [5.74, 6) is -0.715. The number of carboxylic acid groups (broad SMARTS) is 1. The van der Waals surface area contributed by atoms with E-state index < -0.39 is 11.5 Å². The Balaban J connectivity index is 2.37. The molecule has 4 heteroatoms. The van der Waals surface area contributed by atoms with Crippen LogP contribution in [-0.4, -0.2) is 21.7 Å². The molecule has 1 unspecified atom stereocenters. The van der Waals surface area contributed by atoms with Crippen molar-refractivity contribution in [2.75, 3.05) is 5.32 Å². The van der Waals surface area contributed by atoms with Crippen LogP contribution in [0.3, 0.4) is 0 Å². The Morgan fingerprint density at radius 1 is 1.53 bits per heavy atom. The molecule has 15 heavy (non-hydrogen) atoms. The van der Waals surface area contributed by atoms with Crippen molar-refractivity contribution in [1.82, 2.24) is 0 Å². The summed E-state index contributed by atoms with van der Waals surface area (Å²) in [5.41, 5.74) is 0.832. The number of nitrogens with one attached hydrogen (secondary N) is 1. The van der Waals surface area contributed by atoms with Gasteiger partial charge in [0.25, 0.3) is 0 Å². The first-order valence-electron chi connectivity index (χ1n) is 4.85. The van der Waals surface area contributed by atoms with Crippen molar-refractivity contribution in [2.24, 2.45) is 0 Å². The molecule has 0 bridgehead atoms. The highest BCUT2D eigenvalue weighted by Gasteiger charge is 2.36. The quantitative estimate of drug-likeness (QED) is 0.654. The number of rotatable bonds is 1. The minimum atomic E-state index is -0.930. The molecule has 1 aliphatic rings. The maximum atomic E-state index is 11.0. The third-order valence-electron chi connectivity index (χ3n) is 2.87. The number of aromatic hydroxyl groups is 1. The monoisotopic (exact) mass is 207 g/mol. The van der Waals surface area contributed by atoms with Crippen LogP contribution in [0.5, 0.6) is 5.75 Å². The number of fused-ring (bicyclic) bond motifs is 1. The summed E-state index contributed by atoms with van der Waals surface area (Å²) in [6.07, 6.45) is 1.27. The average molecular weight is 207 g/mol. The van der Waals surface area contributed by atoms with Gasteiger partial charge in [0.05, 0.1) is 0 Å². The van der Waals surface area contributed by atoms with Gasteiger partial charge in [-0.1, -0.05) is 6.07 Å². The van der Waals surface area contributed by atoms with Crippen LogP contribution in [0.1, 0.15) is 18.9 Å². The third kappa shape index (κ3) is 1.63. The first kappa shape index (κ1) is 9.83. The molecule has 1 aromatic carbocycles. The number of benzene rings is 1. The van der Waals surface area contributed by atoms with Crippen LogP contribution in [-0.2, 0) is 11.2 Å². The van der Waals surface area contributed by atoms with Crippen molar-refractivity contribution in [2.45, 2.75) is 25.3 Å². The molecular formula is C11H13NO3. The molecule has 0 aliphatic carbocycles. The van der Waals surface area contributed by atoms with Gasteiger partial charge in [-0.3, -0.25) is 0 Å². The maximum absolute atomic E-state index is 11.0. The number of phenolic OH excluding ortho intramolecular Hbond substituents is 1. The molecule has 0 amide bonds. The van der Waals surface area contributed by atoms with Crippen LogP contribution >= 0.6 is 0 Å². The van der Waals surface area contributed by atoms with E-state index in [0.717, 1.165) is 5.56 Å².